The number of fused-ring (bicyclic) bond motifs is 2. The predicted molar refractivity (Wildman–Crippen MR) is 82.1 cm³/mol. The summed E-state index contributed by atoms with van der Waals surface area (Å²) in [6.45, 7) is -0.453. The van der Waals surface area contributed by atoms with Crippen molar-refractivity contribution in [3.63, 3.8) is 0 Å². The van der Waals surface area contributed by atoms with Gasteiger partial charge in [0, 0.05) is 24.0 Å². The van der Waals surface area contributed by atoms with Gasteiger partial charge in [0.15, 0.2) is 0 Å². The summed E-state index contributed by atoms with van der Waals surface area (Å²) in [5.41, 5.74) is -3.72. The van der Waals surface area contributed by atoms with Gasteiger partial charge in [-0.25, -0.2) is 4.39 Å². The second kappa shape index (κ2) is 5.34. The van der Waals surface area contributed by atoms with Crippen molar-refractivity contribution in [3.05, 3.63) is 57.8 Å². The molecule has 0 spiro atoms. The summed E-state index contributed by atoms with van der Waals surface area (Å²) >= 11 is 0. The minimum Gasteiger partial charge on any atom is -0.351 e. The second-order valence-electron chi connectivity index (χ2n) is 6.05. The molecule has 0 amide bonds. The largest absolute Gasteiger partial charge is 0.403 e. The number of alkyl halides is 3. The highest BCUT2D eigenvalue weighted by molar-refractivity contribution is 5.76. The highest BCUT2D eigenvalue weighted by atomic mass is 19.4. The average Bonchev–Trinajstić information content (AvgIpc) is 2.47. The van der Waals surface area contributed by atoms with Crippen molar-refractivity contribution in [2.75, 3.05) is 26.0 Å². The smallest absolute Gasteiger partial charge is 0.351 e. The van der Waals surface area contributed by atoms with Gasteiger partial charge in [-0.3, -0.25) is 4.79 Å². The first-order chi connectivity index (χ1) is 11.2. The van der Waals surface area contributed by atoms with E-state index >= 15 is 0 Å². The van der Waals surface area contributed by atoms with Crippen LogP contribution >= 0.6 is 0 Å². The van der Waals surface area contributed by atoms with Gasteiger partial charge < -0.3 is 15.2 Å². The van der Waals surface area contributed by atoms with Crippen molar-refractivity contribution in [2.45, 2.75) is 11.6 Å². The van der Waals surface area contributed by atoms with E-state index in [1.165, 1.54) is 37.3 Å². The maximum Gasteiger partial charge on any atom is 0.403 e. The zero-order valence-corrected chi connectivity index (χ0v) is 13.0. The highest BCUT2D eigenvalue weighted by Gasteiger charge is 2.60. The molecule has 1 aromatic carbocycles. The second-order valence-corrected chi connectivity index (χ2v) is 6.05. The van der Waals surface area contributed by atoms with Crippen LogP contribution in [-0.2, 0) is 5.41 Å². The van der Waals surface area contributed by atoms with Crippen molar-refractivity contribution in [3.8, 4) is 0 Å². The zero-order valence-electron chi connectivity index (χ0n) is 13.0. The van der Waals surface area contributed by atoms with Crippen molar-refractivity contribution in [1.29, 1.82) is 0 Å². The molecule has 0 saturated heterocycles. The van der Waals surface area contributed by atoms with E-state index in [2.05, 4.69) is 10.3 Å². The first-order valence-corrected chi connectivity index (χ1v) is 7.17. The molecule has 0 fully saturated rings. The maximum atomic E-state index is 14.3. The van der Waals surface area contributed by atoms with Crippen LogP contribution in [0.5, 0.6) is 0 Å². The van der Waals surface area contributed by atoms with Crippen LogP contribution < -0.4 is 10.9 Å². The minimum atomic E-state index is -4.73. The molecule has 0 saturated carbocycles. The summed E-state index contributed by atoms with van der Waals surface area (Å²) in [5, 5.41) is 2.71. The lowest BCUT2D eigenvalue weighted by Crippen LogP contribution is -2.53. The molecule has 128 valence electrons. The minimum absolute atomic E-state index is 0.0692. The number of anilines is 2. The van der Waals surface area contributed by atoms with E-state index in [4.69, 9.17) is 0 Å². The lowest BCUT2D eigenvalue weighted by molar-refractivity contribution is -0.181. The maximum absolute atomic E-state index is 14.3. The van der Waals surface area contributed by atoms with Gasteiger partial charge in [-0.1, -0.05) is 0 Å². The molecule has 0 aliphatic carbocycles. The normalized spacial score (nSPS) is 19.6. The summed E-state index contributed by atoms with van der Waals surface area (Å²) in [5.74, 6) is -0.767. The van der Waals surface area contributed by atoms with E-state index in [0.29, 0.717) is 0 Å². The van der Waals surface area contributed by atoms with Crippen molar-refractivity contribution >= 4 is 11.4 Å². The van der Waals surface area contributed by atoms with E-state index in [1.54, 1.807) is 0 Å². The molecule has 0 bridgehead atoms. The fraction of sp³-hybridized carbons (Fsp3) is 0.312. The molecule has 4 nitrogen and oxygen atoms in total. The van der Waals surface area contributed by atoms with Crippen LogP contribution in [0.2, 0.25) is 0 Å². The van der Waals surface area contributed by atoms with E-state index in [-0.39, 0.29) is 22.5 Å². The van der Waals surface area contributed by atoms with Crippen LogP contribution in [0, 0.1) is 5.82 Å². The standard InChI is InChI=1S/C16H15F4N3O/c1-23(2)8-15(16(18,19)20)10-5-6-21-14(24)13(10)22-12-4-3-9(17)7-11(12)15/h3-7,22H,8H2,1-2H3,(H,21,24). The number of halogens is 4. The summed E-state index contributed by atoms with van der Waals surface area (Å²) in [4.78, 5) is 15.8. The molecule has 3 rings (SSSR count). The van der Waals surface area contributed by atoms with Gasteiger partial charge in [0.2, 0.25) is 0 Å². The van der Waals surface area contributed by atoms with Gasteiger partial charge in [0.25, 0.3) is 5.56 Å². The van der Waals surface area contributed by atoms with E-state index < -0.39 is 29.5 Å². The van der Waals surface area contributed by atoms with E-state index in [9.17, 15) is 22.4 Å². The van der Waals surface area contributed by atoms with Gasteiger partial charge in [0.1, 0.15) is 16.9 Å². The summed E-state index contributed by atoms with van der Waals surface area (Å²) in [6.07, 6.45) is -3.56. The number of pyridine rings is 1. The number of H-pyrrole nitrogens is 1. The number of hydrogen-bond acceptors (Lipinski definition) is 3. The van der Waals surface area contributed by atoms with Gasteiger partial charge in [0.05, 0.1) is 0 Å². The lowest BCUT2D eigenvalue weighted by atomic mass is 9.70. The third-order valence-electron chi connectivity index (χ3n) is 4.16. The number of aromatic nitrogens is 1. The molecule has 1 aliphatic heterocycles. The molecular formula is C16H15F4N3O. The van der Waals surface area contributed by atoms with Crippen molar-refractivity contribution < 1.29 is 17.6 Å². The monoisotopic (exact) mass is 341 g/mol. The fourth-order valence-electron chi connectivity index (χ4n) is 3.26. The Kier molecular flexibility index (Phi) is 3.67. The summed E-state index contributed by atoms with van der Waals surface area (Å²) < 4.78 is 56.6. The number of aromatic amines is 1. The van der Waals surface area contributed by atoms with Gasteiger partial charge in [-0.2, -0.15) is 13.2 Å². The number of rotatable bonds is 2. The molecule has 1 aromatic heterocycles. The van der Waals surface area contributed by atoms with E-state index in [0.717, 1.165) is 12.1 Å². The molecule has 24 heavy (non-hydrogen) atoms. The summed E-state index contributed by atoms with van der Waals surface area (Å²) in [7, 11) is 3.00. The van der Waals surface area contributed by atoms with Crippen LogP contribution in [0.15, 0.2) is 35.3 Å². The Balaban J connectivity index is 2.44. The predicted octanol–water partition coefficient (Wildman–Crippen LogP) is 2.98. The number of nitrogens with one attached hydrogen (secondary N) is 2. The topological polar surface area (TPSA) is 48.1 Å². The van der Waals surface area contributed by atoms with E-state index in [1.807, 2.05) is 0 Å². The Labute approximate surface area is 135 Å². The molecule has 2 heterocycles. The SMILES string of the molecule is CN(C)CC1(C(F)(F)F)c2cc(F)ccc2Nc2c1cc[nH]c2=O. The Morgan fingerprint density at radius 2 is 1.88 bits per heavy atom. The number of benzene rings is 1. The lowest BCUT2D eigenvalue weighted by Gasteiger charge is -2.43. The Morgan fingerprint density at radius 1 is 1.17 bits per heavy atom. The third kappa shape index (κ3) is 2.29. The first-order valence-electron chi connectivity index (χ1n) is 7.17. The molecule has 1 unspecified atom stereocenters. The Bertz CT molecular complexity index is 844. The Hall–Kier alpha value is -2.35. The zero-order chi connectivity index (χ0) is 17.7. The molecule has 8 heteroatoms. The molecule has 2 aromatic rings. The van der Waals surface area contributed by atoms with Crippen LogP contribution in [0.3, 0.4) is 0 Å². The van der Waals surface area contributed by atoms with Gasteiger partial charge in [-0.05, 0) is 43.9 Å². The van der Waals surface area contributed by atoms with Crippen LogP contribution in [0.4, 0.5) is 28.9 Å². The number of nitrogens with zero attached hydrogens (tertiary/aromatic N) is 1. The Morgan fingerprint density at radius 3 is 2.50 bits per heavy atom. The average molecular weight is 341 g/mol. The molecular weight excluding hydrogens is 326 g/mol. The van der Waals surface area contributed by atoms with Crippen molar-refractivity contribution in [2.24, 2.45) is 0 Å². The third-order valence-corrected chi connectivity index (χ3v) is 4.16. The quantitative estimate of drug-likeness (QED) is 0.826. The van der Waals surface area contributed by atoms with Crippen LogP contribution in [0.25, 0.3) is 0 Å². The first kappa shape index (κ1) is 16.5. The van der Waals surface area contributed by atoms with Gasteiger partial charge in [-0.15, -0.1) is 0 Å². The van der Waals surface area contributed by atoms with Crippen molar-refractivity contribution in [1.82, 2.24) is 9.88 Å². The van der Waals surface area contributed by atoms with Crippen LogP contribution in [0.1, 0.15) is 11.1 Å². The van der Waals surface area contributed by atoms with Gasteiger partial charge >= 0.3 is 6.18 Å². The molecule has 2 N–H and O–H groups in total. The fourth-order valence-corrected chi connectivity index (χ4v) is 3.26. The number of hydrogen-bond donors (Lipinski definition) is 2. The highest BCUT2D eigenvalue weighted by Crippen LogP contribution is 2.53. The molecule has 1 aliphatic rings. The molecule has 0 radical (unpaired) electrons. The van der Waals surface area contributed by atoms with Crippen LogP contribution in [-0.4, -0.2) is 36.7 Å². The summed E-state index contributed by atoms with van der Waals surface area (Å²) in [6, 6.07) is 4.37. The number of likely N-dealkylation sites (N-methyl/N-ethyl adjacent to an activating group) is 1. The molecule has 1 atom stereocenters.